The third-order valence-corrected chi connectivity index (χ3v) is 5.46. The minimum absolute atomic E-state index is 0.0211. The molecule has 124 valence electrons. The molecule has 0 aliphatic carbocycles. The molecule has 3 aromatic rings. The van der Waals surface area contributed by atoms with Gasteiger partial charge in [0.25, 0.3) is 0 Å². The molecule has 0 fully saturated rings. The highest BCUT2D eigenvalue weighted by molar-refractivity contribution is 7.91. The van der Waals surface area contributed by atoms with Gasteiger partial charge in [-0.25, -0.2) is 8.42 Å². The normalized spacial score (nSPS) is 11.5. The van der Waals surface area contributed by atoms with Gasteiger partial charge in [0.15, 0.2) is 5.03 Å². The molecule has 0 radical (unpaired) electrons. The summed E-state index contributed by atoms with van der Waals surface area (Å²) in [6.07, 6.45) is 1.06. The smallest absolute Gasteiger partial charge is 0.226 e. The molecule has 6 heteroatoms. The maximum atomic E-state index is 13.0. The zero-order valence-corrected chi connectivity index (χ0v) is 13.8. The highest BCUT2D eigenvalue weighted by Gasteiger charge is 2.27. The van der Waals surface area contributed by atoms with E-state index >= 15 is 0 Å². The van der Waals surface area contributed by atoms with E-state index in [1.165, 1.54) is 0 Å². The first-order chi connectivity index (χ1) is 11.6. The number of aryl methyl sites for hydroxylation is 1. The van der Waals surface area contributed by atoms with Gasteiger partial charge >= 0.3 is 0 Å². The Morgan fingerprint density at radius 3 is 2.21 bits per heavy atom. The van der Waals surface area contributed by atoms with Crippen LogP contribution in [-0.4, -0.2) is 30.3 Å². The molecule has 1 aromatic heterocycles. The molecule has 2 N–H and O–H groups in total. The van der Waals surface area contributed by atoms with Gasteiger partial charge in [-0.3, -0.25) is 5.10 Å². The summed E-state index contributed by atoms with van der Waals surface area (Å²) in [7, 11) is -3.73. The van der Waals surface area contributed by atoms with Gasteiger partial charge in [0.2, 0.25) is 9.84 Å². The molecule has 3 rings (SSSR count). The number of sulfone groups is 1. The summed E-state index contributed by atoms with van der Waals surface area (Å²) in [4.78, 5) is 0.211. The first-order valence-electron chi connectivity index (χ1n) is 7.68. The molecular formula is C18H18N2O3S. The standard InChI is InChI=1S/C18H18N2O3S/c21-13-7-12-16-17(14-8-3-1-4-9-14)18(20-19-16)24(22,23)15-10-5-2-6-11-15/h1-6,8-11,21H,7,12-13H2,(H,19,20). The van der Waals surface area contributed by atoms with E-state index in [0.717, 1.165) is 5.56 Å². The molecule has 0 aliphatic heterocycles. The Morgan fingerprint density at radius 2 is 1.58 bits per heavy atom. The third-order valence-electron chi connectivity index (χ3n) is 3.76. The number of nitrogens with zero attached hydrogens (tertiary/aromatic N) is 1. The van der Waals surface area contributed by atoms with Gasteiger partial charge in [-0.15, -0.1) is 0 Å². The molecule has 2 aromatic carbocycles. The van der Waals surface area contributed by atoms with Crippen molar-refractivity contribution in [2.75, 3.05) is 6.61 Å². The van der Waals surface area contributed by atoms with Crippen molar-refractivity contribution < 1.29 is 13.5 Å². The predicted octanol–water partition coefficient (Wildman–Crippen LogP) is 2.83. The number of hydrogen-bond donors (Lipinski definition) is 2. The molecule has 0 atom stereocenters. The topological polar surface area (TPSA) is 83.0 Å². The van der Waals surface area contributed by atoms with Crippen molar-refractivity contribution in [2.24, 2.45) is 0 Å². The van der Waals surface area contributed by atoms with E-state index in [-0.39, 0.29) is 16.5 Å². The average molecular weight is 342 g/mol. The monoisotopic (exact) mass is 342 g/mol. The molecule has 0 saturated heterocycles. The van der Waals surface area contributed by atoms with Crippen LogP contribution in [0, 0.1) is 0 Å². The van der Waals surface area contributed by atoms with Gasteiger partial charge in [-0.05, 0) is 30.5 Å². The van der Waals surface area contributed by atoms with Crippen LogP contribution in [0.25, 0.3) is 11.1 Å². The summed E-state index contributed by atoms with van der Waals surface area (Å²) in [5.41, 5.74) is 2.08. The molecule has 0 bridgehead atoms. The molecule has 0 saturated carbocycles. The SMILES string of the molecule is O=S(=O)(c1ccccc1)c1n[nH]c(CCCO)c1-c1ccccc1. The Labute approximate surface area is 140 Å². The van der Waals surface area contributed by atoms with E-state index < -0.39 is 9.84 Å². The largest absolute Gasteiger partial charge is 0.396 e. The van der Waals surface area contributed by atoms with Crippen molar-refractivity contribution in [3.05, 3.63) is 66.4 Å². The van der Waals surface area contributed by atoms with Crippen molar-refractivity contribution in [1.29, 1.82) is 0 Å². The quantitative estimate of drug-likeness (QED) is 0.721. The Hall–Kier alpha value is -2.44. The molecule has 1 heterocycles. The summed E-state index contributed by atoms with van der Waals surface area (Å²) in [5.74, 6) is 0. The zero-order valence-electron chi connectivity index (χ0n) is 13.0. The fraction of sp³-hybridized carbons (Fsp3) is 0.167. The lowest BCUT2D eigenvalue weighted by Crippen LogP contribution is -2.04. The number of rotatable bonds is 6. The van der Waals surface area contributed by atoms with E-state index in [0.29, 0.717) is 24.1 Å². The van der Waals surface area contributed by atoms with Crippen molar-refractivity contribution in [2.45, 2.75) is 22.8 Å². The number of aromatic amines is 1. The van der Waals surface area contributed by atoms with Crippen molar-refractivity contribution >= 4 is 9.84 Å². The molecule has 0 spiro atoms. The number of H-pyrrole nitrogens is 1. The van der Waals surface area contributed by atoms with Crippen LogP contribution in [0.15, 0.2) is 70.6 Å². The van der Waals surface area contributed by atoms with Gasteiger partial charge < -0.3 is 5.11 Å². The van der Waals surface area contributed by atoms with Crippen LogP contribution < -0.4 is 0 Å². The Kier molecular flexibility index (Phi) is 4.78. The molecule has 0 aliphatic rings. The number of aromatic nitrogens is 2. The fourth-order valence-corrected chi connectivity index (χ4v) is 4.02. The lowest BCUT2D eigenvalue weighted by atomic mass is 10.0. The average Bonchev–Trinajstić information content (AvgIpc) is 3.06. The number of aliphatic hydroxyl groups is 1. The van der Waals surface area contributed by atoms with Gasteiger partial charge in [-0.2, -0.15) is 5.10 Å². The number of benzene rings is 2. The third kappa shape index (κ3) is 3.11. The van der Waals surface area contributed by atoms with Gasteiger partial charge in [0, 0.05) is 17.9 Å². The highest BCUT2D eigenvalue weighted by atomic mass is 32.2. The van der Waals surface area contributed by atoms with Gasteiger partial charge in [0.05, 0.1) is 4.90 Å². The van der Waals surface area contributed by atoms with Crippen molar-refractivity contribution in [3.8, 4) is 11.1 Å². The lowest BCUT2D eigenvalue weighted by molar-refractivity contribution is 0.288. The highest BCUT2D eigenvalue weighted by Crippen LogP contribution is 2.33. The van der Waals surface area contributed by atoms with Gasteiger partial charge in [0.1, 0.15) is 0 Å². The minimum atomic E-state index is -3.73. The number of aliphatic hydroxyl groups excluding tert-OH is 1. The van der Waals surface area contributed by atoms with Crippen molar-refractivity contribution in [1.82, 2.24) is 10.2 Å². The van der Waals surface area contributed by atoms with E-state index in [9.17, 15) is 8.42 Å². The molecule has 24 heavy (non-hydrogen) atoms. The van der Waals surface area contributed by atoms with Crippen LogP contribution >= 0.6 is 0 Å². The second-order valence-corrected chi connectivity index (χ2v) is 7.26. The predicted molar refractivity (Wildman–Crippen MR) is 91.3 cm³/mol. The summed E-state index contributed by atoms with van der Waals surface area (Å²) in [6, 6.07) is 17.6. The first-order valence-corrected chi connectivity index (χ1v) is 9.16. The molecule has 0 unspecified atom stereocenters. The van der Waals surface area contributed by atoms with E-state index in [1.807, 2.05) is 30.3 Å². The van der Waals surface area contributed by atoms with E-state index in [1.54, 1.807) is 30.3 Å². The summed E-state index contributed by atoms with van der Waals surface area (Å²) in [6.45, 7) is 0.0357. The maximum Gasteiger partial charge on any atom is 0.226 e. The van der Waals surface area contributed by atoms with Gasteiger partial charge in [-0.1, -0.05) is 48.5 Å². The van der Waals surface area contributed by atoms with Crippen LogP contribution in [0.4, 0.5) is 0 Å². The van der Waals surface area contributed by atoms with Crippen LogP contribution in [0.3, 0.4) is 0 Å². The second-order valence-electron chi connectivity index (χ2n) is 5.39. The van der Waals surface area contributed by atoms with Crippen molar-refractivity contribution in [3.63, 3.8) is 0 Å². The lowest BCUT2D eigenvalue weighted by Gasteiger charge is -2.07. The van der Waals surface area contributed by atoms with Crippen LogP contribution in [0.2, 0.25) is 0 Å². The second kappa shape index (κ2) is 6.98. The Balaban J connectivity index is 2.17. The van der Waals surface area contributed by atoms with E-state index in [2.05, 4.69) is 10.2 Å². The molecule has 0 amide bonds. The fourth-order valence-electron chi connectivity index (χ4n) is 2.60. The first kappa shape index (κ1) is 16.4. The maximum absolute atomic E-state index is 13.0. The zero-order chi connectivity index (χ0) is 17.0. The molecular weight excluding hydrogens is 324 g/mol. The van der Waals surface area contributed by atoms with Crippen LogP contribution in [0.5, 0.6) is 0 Å². The minimum Gasteiger partial charge on any atom is -0.396 e. The number of nitrogens with one attached hydrogen (secondary N) is 1. The Bertz CT molecular complexity index is 904. The Morgan fingerprint density at radius 1 is 0.958 bits per heavy atom. The summed E-state index contributed by atoms with van der Waals surface area (Å²) >= 11 is 0. The summed E-state index contributed by atoms with van der Waals surface area (Å²) in [5, 5.41) is 16.0. The summed E-state index contributed by atoms with van der Waals surface area (Å²) < 4.78 is 26.0. The van der Waals surface area contributed by atoms with Crippen LogP contribution in [0.1, 0.15) is 12.1 Å². The number of hydrogen-bond acceptors (Lipinski definition) is 4. The molecule has 5 nitrogen and oxygen atoms in total. The van der Waals surface area contributed by atoms with Crippen LogP contribution in [-0.2, 0) is 16.3 Å². The van der Waals surface area contributed by atoms with E-state index in [4.69, 9.17) is 5.11 Å².